The van der Waals surface area contributed by atoms with Gasteiger partial charge in [0.05, 0.1) is 10.5 Å². The highest BCUT2D eigenvalue weighted by molar-refractivity contribution is 7.89. The van der Waals surface area contributed by atoms with Crippen LogP contribution in [0.3, 0.4) is 0 Å². The molecule has 0 saturated carbocycles. The summed E-state index contributed by atoms with van der Waals surface area (Å²) < 4.78 is 67.3. The first-order valence-corrected chi connectivity index (χ1v) is 15.0. The van der Waals surface area contributed by atoms with Crippen molar-refractivity contribution in [2.45, 2.75) is 55.8 Å². The standard InChI is InChI=1S/C30H31F3N4O6S/c1-19-7-3-4-10-24(19)36-28(41)34-22-13-11-20(12-14-22)17-25(26(38)39)35-27(40)29(2)15-6-16-37(29)44(42,43)23-9-5-8-21(18-23)30(31,32)33/h3-5,7-14,18,25H,6,15-17H2,1-2H3,(H,35,40)(H,38,39)(H2,34,36,41)/t25?,29-/m0/s1. The number of benzene rings is 3. The van der Waals surface area contributed by atoms with Gasteiger partial charge in [0.25, 0.3) is 0 Å². The number of urea groups is 1. The number of para-hydroxylation sites is 1. The molecular weight excluding hydrogens is 601 g/mol. The summed E-state index contributed by atoms with van der Waals surface area (Å²) in [6.45, 7) is 3.04. The number of nitrogens with one attached hydrogen (secondary N) is 3. The molecule has 4 rings (SSSR count). The molecule has 0 aromatic heterocycles. The third-order valence-corrected chi connectivity index (χ3v) is 9.48. The van der Waals surface area contributed by atoms with E-state index in [-0.39, 0.29) is 25.8 Å². The van der Waals surface area contributed by atoms with Gasteiger partial charge < -0.3 is 21.1 Å². The number of carboxylic acid groups (broad SMARTS) is 1. The Bertz CT molecular complexity index is 1660. The maximum Gasteiger partial charge on any atom is 0.416 e. The van der Waals surface area contributed by atoms with Crippen LogP contribution in [0.25, 0.3) is 0 Å². The highest BCUT2D eigenvalue weighted by atomic mass is 32.2. The van der Waals surface area contributed by atoms with Gasteiger partial charge in [-0.1, -0.05) is 36.4 Å². The molecule has 1 saturated heterocycles. The molecule has 1 heterocycles. The molecule has 3 amide bonds. The number of amides is 3. The lowest BCUT2D eigenvalue weighted by atomic mass is 9.97. The second-order valence-electron chi connectivity index (χ2n) is 10.6. The Balaban J connectivity index is 1.44. The third kappa shape index (κ3) is 7.19. The third-order valence-electron chi connectivity index (χ3n) is 7.46. The van der Waals surface area contributed by atoms with Gasteiger partial charge in [0.2, 0.25) is 15.9 Å². The average molecular weight is 633 g/mol. The zero-order valence-corrected chi connectivity index (χ0v) is 24.6. The van der Waals surface area contributed by atoms with E-state index in [0.717, 1.165) is 28.1 Å². The zero-order chi connectivity index (χ0) is 32.3. The molecule has 14 heteroatoms. The molecule has 44 heavy (non-hydrogen) atoms. The zero-order valence-electron chi connectivity index (χ0n) is 23.8. The quantitative estimate of drug-likeness (QED) is 0.261. The molecule has 4 N–H and O–H groups in total. The normalized spacial score (nSPS) is 17.9. The summed E-state index contributed by atoms with van der Waals surface area (Å²) in [5.41, 5.74) is -0.430. The molecule has 0 aliphatic carbocycles. The molecule has 0 bridgehead atoms. The van der Waals surface area contributed by atoms with Crippen LogP contribution in [-0.2, 0) is 32.2 Å². The Morgan fingerprint density at radius 1 is 1.00 bits per heavy atom. The monoisotopic (exact) mass is 632 g/mol. The Morgan fingerprint density at radius 3 is 2.32 bits per heavy atom. The summed E-state index contributed by atoms with van der Waals surface area (Å²) in [4.78, 5) is 37.3. The first kappa shape index (κ1) is 32.5. The predicted molar refractivity (Wildman–Crippen MR) is 157 cm³/mol. The van der Waals surface area contributed by atoms with Gasteiger partial charge in [0.15, 0.2) is 0 Å². The predicted octanol–water partition coefficient (Wildman–Crippen LogP) is 5.01. The van der Waals surface area contributed by atoms with Crippen LogP contribution in [0.4, 0.5) is 29.3 Å². The van der Waals surface area contributed by atoms with E-state index < -0.39 is 56.1 Å². The van der Waals surface area contributed by atoms with E-state index in [1.807, 2.05) is 19.1 Å². The Morgan fingerprint density at radius 2 is 1.68 bits per heavy atom. The van der Waals surface area contributed by atoms with Crippen molar-refractivity contribution >= 4 is 39.3 Å². The van der Waals surface area contributed by atoms with E-state index in [1.165, 1.54) is 6.92 Å². The smallest absolute Gasteiger partial charge is 0.416 e. The van der Waals surface area contributed by atoms with E-state index in [4.69, 9.17) is 0 Å². The summed E-state index contributed by atoms with van der Waals surface area (Å²) >= 11 is 0. The molecule has 1 unspecified atom stereocenters. The lowest BCUT2D eigenvalue weighted by molar-refractivity contribution is -0.143. The van der Waals surface area contributed by atoms with Crippen LogP contribution in [0.5, 0.6) is 0 Å². The molecule has 234 valence electrons. The Labute approximate surface area is 252 Å². The number of rotatable bonds is 9. The first-order valence-electron chi connectivity index (χ1n) is 13.6. The number of carbonyl (C=O) groups excluding carboxylic acids is 2. The van der Waals surface area contributed by atoms with Crippen molar-refractivity contribution in [1.82, 2.24) is 9.62 Å². The van der Waals surface area contributed by atoms with Gasteiger partial charge in [0, 0.05) is 24.3 Å². The van der Waals surface area contributed by atoms with Crippen LogP contribution in [0.15, 0.2) is 77.7 Å². The number of halogens is 3. The summed E-state index contributed by atoms with van der Waals surface area (Å²) in [6.07, 6.45) is -4.65. The second kappa shape index (κ2) is 12.7. The van der Waals surface area contributed by atoms with Crippen molar-refractivity contribution in [3.8, 4) is 0 Å². The van der Waals surface area contributed by atoms with Gasteiger partial charge in [-0.3, -0.25) is 4.79 Å². The van der Waals surface area contributed by atoms with Gasteiger partial charge in [-0.25, -0.2) is 18.0 Å². The molecule has 3 aromatic rings. The fourth-order valence-corrected chi connectivity index (χ4v) is 6.84. The van der Waals surface area contributed by atoms with Crippen LogP contribution >= 0.6 is 0 Å². The number of anilines is 2. The minimum atomic E-state index is -4.77. The van der Waals surface area contributed by atoms with Gasteiger partial charge in [-0.05, 0) is 74.2 Å². The number of aliphatic carboxylic acids is 1. The number of carbonyl (C=O) groups is 3. The van der Waals surface area contributed by atoms with Gasteiger partial charge >= 0.3 is 18.2 Å². The number of hydrogen-bond donors (Lipinski definition) is 4. The van der Waals surface area contributed by atoms with Crippen molar-refractivity contribution in [2.75, 3.05) is 17.2 Å². The van der Waals surface area contributed by atoms with Crippen LogP contribution in [0.1, 0.15) is 36.5 Å². The van der Waals surface area contributed by atoms with Gasteiger partial charge in [-0.15, -0.1) is 0 Å². The first-order chi connectivity index (χ1) is 20.6. The molecule has 1 aliphatic rings. The van der Waals surface area contributed by atoms with E-state index in [1.54, 1.807) is 36.4 Å². The van der Waals surface area contributed by atoms with Crippen molar-refractivity contribution in [1.29, 1.82) is 0 Å². The number of nitrogens with zero attached hydrogens (tertiary/aromatic N) is 1. The lowest BCUT2D eigenvalue weighted by Crippen LogP contribution is -2.58. The fourth-order valence-electron chi connectivity index (χ4n) is 4.98. The second-order valence-corrected chi connectivity index (χ2v) is 12.5. The van der Waals surface area contributed by atoms with Crippen LogP contribution in [0, 0.1) is 6.92 Å². The molecule has 10 nitrogen and oxygen atoms in total. The number of aryl methyl sites for hydroxylation is 1. The van der Waals surface area contributed by atoms with Gasteiger partial charge in [0.1, 0.15) is 11.6 Å². The molecule has 3 aromatic carbocycles. The van der Waals surface area contributed by atoms with Crippen LogP contribution < -0.4 is 16.0 Å². The van der Waals surface area contributed by atoms with Crippen molar-refractivity contribution < 1.29 is 41.1 Å². The lowest BCUT2D eigenvalue weighted by Gasteiger charge is -2.34. The summed E-state index contributed by atoms with van der Waals surface area (Å²) in [5.74, 6) is -2.25. The van der Waals surface area contributed by atoms with Crippen molar-refractivity contribution in [3.63, 3.8) is 0 Å². The Hall–Kier alpha value is -4.43. The SMILES string of the molecule is Cc1ccccc1NC(=O)Nc1ccc(CC(NC(=O)[C@]2(C)CCCN2S(=O)(=O)c2cccc(C(F)(F)F)c2)C(=O)O)cc1. The maximum absolute atomic E-state index is 13.4. The minimum Gasteiger partial charge on any atom is -0.480 e. The van der Waals surface area contributed by atoms with E-state index in [2.05, 4.69) is 16.0 Å². The molecule has 0 spiro atoms. The van der Waals surface area contributed by atoms with Gasteiger partial charge in [-0.2, -0.15) is 17.5 Å². The minimum absolute atomic E-state index is 0.0360. The molecule has 2 atom stereocenters. The number of hydrogen-bond acceptors (Lipinski definition) is 5. The van der Waals surface area contributed by atoms with Crippen molar-refractivity contribution in [2.24, 2.45) is 0 Å². The van der Waals surface area contributed by atoms with Crippen LogP contribution in [0.2, 0.25) is 0 Å². The van der Waals surface area contributed by atoms with Crippen LogP contribution in [-0.4, -0.2) is 53.9 Å². The fraction of sp³-hybridized carbons (Fsp3) is 0.300. The van der Waals surface area contributed by atoms with Crippen molar-refractivity contribution in [3.05, 3.63) is 89.5 Å². The average Bonchev–Trinajstić information content (AvgIpc) is 3.38. The highest BCUT2D eigenvalue weighted by Gasteiger charge is 2.50. The summed E-state index contributed by atoms with van der Waals surface area (Å²) in [5, 5.41) is 17.7. The van der Waals surface area contributed by atoms with E-state index >= 15 is 0 Å². The summed E-state index contributed by atoms with van der Waals surface area (Å²) in [6, 6.07) is 14.8. The van der Waals surface area contributed by atoms with E-state index in [0.29, 0.717) is 23.0 Å². The Kier molecular flexibility index (Phi) is 9.35. The molecular formula is C30H31F3N4O6S. The maximum atomic E-state index is 13.4. The molecule has 1 fully saturated rings. The highest BCUT2D eigenvalue weighted by Crippen LogP contribution is 2.37. The summed E-state index contributed by atoms with van der Waals surface area (Å²) in [7, 11) is -4.54. The number of carboxylic acids is 1. The largest absolute Gasteiger partial charge is 0.480 e. The topological polar surface area (TPSA) is 145 Å². The van der Waals surface area contributed by atoms with E-state index in [9.17, 15) is 41.1 Å². The molecule has 1 aliphatic heterocycles. The number of alkyl halides is 3. The molecule has 0 radical (unpaired) electrons. The number of sulfonamides is 1.